The van der Waals surface area contributed by atoms with Crippen LogP contribution in [0.15, 0.2) is 70.5 Å². The molecule has 2 aromatic carbocycles. The molecule has 2 aromatic heterocycles. The van der Waals surface area contributed by atoms with Crippen LogP contribution in [0.1, 0.15) is 26.5 Å². The molecule has 0 aliphatic carbocycles. The van der Waals surface area contributed by atoms with Crippen molar-refractivity contribution in [2.24, 2.45) is 5.73 Å². The summed E-state index contributed by atoms with van der Waals surface area (Å²) in [5, 5.41) is 5.14. The summed E-state index contributed by atoms with van der Waals surface area (Å²) < 4.78 is 16.6. The van der Waals surface area contributed by atoms with Crippen LogP contribution in [0.4, 0.5) is 5.00 Å². The first-order chi connectivity index (χ1) is 15.5. The SMILES string of the molecule is NC(=O)c1ccsc1NC(=O)COC(=O)c1oc2ccccc2c1COc1ccccc1. The largest absolute Gasteiger partial charge is 0.489 e. The van der Waals surface area contributed by atoms with E-state index in [-0.39, 0.29) is 17.9 Å². The lowest BCUT2D eigenvalue weighted by Gasteiger charge is -2.08. The quantitative estimate of drug-likeness (QED) is 0.392. The van der Waals surface area contributed by atoms with Crippen LogP contribution in [0.3, 0.4) is 0 Å². The number of fused-ring (bicyclic) bond motifs is 1. The monoisotopic (exact) mass is 450 g/mol. The van der Waals surface area contributed by atoms with Crippen LogP contribution in [-0.4, -0.2) is 24.4 Å². The number of hydrogen-bond donors (Lipinski definition) is 2. The van der Waals surface area contributed by atoms with Crippen molar-refractivity contribution in [2.75, 3.05) is 11.9 Å². The summed E-state index contributed by atoms with van der Waals surface area (Å²) in [6.07, 6.45) is 0. The Morgan fingerprint density at radius 3 is 2.53 bits per heavy atom. The number of thiophene rings is 1. The zero-order valence-electron chi connectivity index (χ0n) is 16.7. The van der Waals surface area contributed by atoms with Crippen LogP contribution in [0, 0.1) is 0 Å². The van der Waals surface area contributed by atoms with Crippen LogP contribution in [-0.2, 0) is 16.1 Å². The van der Waals surface area contributed by atoms with Crippen molar-refractivity contribution in [2.45, 2.75) is 6.61 Å². The zero-order valence-corrected chi connectivity index (χ0v) is 17.5. The van der Waals surface area contributed by atoms with E-state index in [1.54, 1.807) is 29.6 Å². The molecule has 0 saturated carbocycles. The van der Waals surface area contributed by atoms with Gasteiger partial charge in [0.15, 0.2) is 6.61 Å². The highest BCUT2D eigenvalue weighted by Crippen LogP contribution is 2.28. The summed E-state index contributed by atoms with van der Waals surface area (Å²) in [6.45, 7) is -0.486. The molecule has 8 nitrogen and oxygen atoms in total. The first-order valence-corrected chi connectivity index (χ1v) is 10.4. The Kier molecular flexibility index (Phi) is 6.18. The van der Waals surface area contributed by atoms with E-state index in [9.17, 15) is 14.4 Å². The fourth-order valence-electron chi connectivity index (χ4n) is 3.04. The number of carbonyl (C=O) groups is 3. The van der Waals surface area contributed by atoms with Gasteiger partial charge < -0.3 is 24.9 Å². The maximum Gasteiger partial charge on any atom is 0.375 e. The molecule has 0 bridgehead atoms. The number of primary amides is 1. The summed E-state index contributed by atoms with van der Waals surface area (Å²) >= 11 is 1.14. The predicted molar refractivity (Wildman–Crippen MR) is 119 cm³/mol. The minimum Gasteiger partial charge on any atom is -0.489 e. The number of nitrogens with two attached hydrogens (primary N) is 1. The fraction of sp³-hybridized carbons (Fsp3) is 0.0870. The number of anilines is 1. The number of amides is 2. The standard InChI is InChI=1S/C23H18N2O6S/c24-21(27)16-10-11-32-22(16)25-19(26)13-30-23(28)20-17(12-29-14-6-2-1-3-7-14)15-8-4-5-9-18(15)31-20/h1-11H,12-13H2,(H2,24,27)(H,25,26). The molecule has 162 valence electrons. The van der Waals surface area contributed by atoms with Crippen LogP contribution < -0.4 is 15.8 Å². The third-order valence-electron chi connectivity index (χ3n) is 4.53. The van der Waals surface area contributed by atoms with Crippen LogP contribution >= 0.6 is 11.3 Å². The molecule has 0 fully saturated rings. The summed E-state index contributed by atoms with van der Waals surface area (Å²) in [7, 11) is 0. The van der Waals surface area contributed by atoms with Crippen LogP contribution in [0.2, 0.25) is 0 Å². The Balaban J connectivity index is 1.47. The molecule has 4 aromatic rings. The van der Waals surface area contributed by atoms with Crippen molar-refractivity contribution in [1.82, 2.24) is 0 Å². The van der Waals surface area contributed by atoms with Gasteiger partial charge in [-0.05, 0) is 29.6 Å². The smallest absolute Gasteiger partial charge is 0.375 e. The molecule has 0 unspecified atom stereocenters. The highest BCUT2D eigenvalue weighted by Gasteiger charge is 2.23. The molecule has 2 heterocycles. The Hall–Kier alpha value is -4.11. The third kappa shape index (κ3) is 4.62. The van der Waals surface area contributed by atoms with E-state index >= 15 is 0 Å². The van der Waals surface area contributed by atoms with E-state index in [0.29, 0.717) is 27.3 Å². The number of hydrogen-bond acceptors (Lipinski definition) is 7. The Morgan fingerprint density at radius 2 is 1.75 bits per heavy atom. The predicted octanol–water partition coefficient (Wildman–Crippen LogP) is 3.97. The normalized spacial score (nSPS) is 10.6. The van der Waals surface area contributed by atoms with Crippen molar-refractivity contribution in [1.29, 1.82) is 0 Å². The number of esters is 1. The van der Waals surface area contributed by atoms with E-state index in [1.165, 1.54) is 6.07 Å². The molecule has 32 heavy (non-hydrogen) atoms. The average Bonchev–Trinajstić information content (AvgIpc) is 3.41. The van der Waals surface area contributed by atoms with Gasteiger partial charge in [-0.15, -0.1) is 11.3 Å². The van der Waals surface area contributed by atoms with Gasteiger partial charge in [-0.25, -0.2) is 4.79 Å². The van der Waals surface area contributed by atoms with Crippen molar-refractivity contribution in [3.63, 3.8) is 0 Å². The summed E-state index contributed by atoms with van der Waals surface area (Å²) in [4.78, 5) is 36.3. The number of nitrogens with one attached hydrogen (secondary N) is 1. The zero-order chi connectivity index (χ0) is 22.5. The topological polar surface area (TPSA) is 121 Å². The van der Waals surface area contributed by atoms with Crippen molar-refractivity contribution in [3.05, 3.63) is 82.9 Å². The van der Waals surface area contributed by atoms with Crippen LogP contribution in [0.5, 0.6) is 5.75 Å². The van der Waals surface area contributed by atoms with Crippen molar-refractivity contribution >= 4 is 45.1 Å². The number of ether oxygens (including phenoxy) is 2. The molecule has 2 amide bonds. The maximum atomic E-state index is 12.7. The fourth-order valence-corrected chi connectivity index (χ4v) is 3.85. The highest BCUT2D eigenvalue weighted by molar-refractivity contribution is 7.14. The first kappa shape index (κ1) is 21.1. The molecule has 4 rings (SSSR count). The summed E-state index contributed by atoms with van der Waals surface area (Å²) in [6, 6.07) is 17.8. The van der Waals surface area contributed by atoms with E-state index < -0.39 is 24.4 Å². The lowest BCUT2D eigenvalue weighted by atomic mass is 10.1. The van der Waals surface area contributed by atoms with Gasteiger partial charge in [-0.3, -0.25) is 9.59 Å². The highest BCUT2D eigenvalue weighted by atomic mass is 32.1. The van der Waals surface area contributed by atoms with E-state index in [4.69, 9.17) is 19.6 Å². The minimum atomic E-state index is -0.802. The second kappa shape index (κ2) is 9.36. The number of para-hydroxylation sites is 2. The van der Waals surface area contributed by atoms with E-state index in [2.05, 4.69) is 5.32 Å². The van der Waals surface area contributed by atoms with Crippen molar-refractivity contribution < 1.29 is 28.3 Å². The molecule has 0 saturated heterocycles. The molecular formula is C23H18N2O6S. The number of benzene rings is 2. The first-order valence-electron chi connectivity index (χ1n) is 9.55. The van der Waals surface area contributed by atoms with Crippen LogP contribution in [0.25, 0.3) is 11.0 Å². The lowest BCUT2D eigenvalue weighted by molar-refractivity contribution is -0.119. The molecule has 0 aliphatic heterocycles. The van der Waals surface area contributed by atoms with Gasteiger partial charge in [-0.1, -0.05) is 36.4 Å². The van der Waals surface area contributed by atoms with Gasteiger partial charge in [0.1, 0.15) is 22.9 Å². The van der Waals surface area contributed by atoms with E-state index in [1.807, 2.05) is 30.3 Å². The number of carbonyl (C=O) groups excluding carboxylic acids is 3. The van der Waals surface area contributed by atoms with Crippen molar-refractivity contribution in [3.8, 4) is 5.75 Å². The minimum absolute atomic E-state index is 0.0381. The second-order valence-electron chi connectivity index (χ2n) is 6.66. The van der Waals surface area contributed by atoms with E-state index in [0.717, 1.165) is 11.3 Å². The Bertz CT molecular complexity index is 1280. The second-order valence-corrected chi connectivity index (χ2v) is 7.58. The molecule has 9 heteroatoms. The van der Waals surface area contributed by atoms with Gasteiger partial charge in [0, 0.05) is 5.39 Å². The molecule has 0 atom stereocenters. The molecule has 0 spiro atoms. The summed E-state index contributed by atoms with van der Waals surface area (Å²) in [5.41, 5.74) is 6.47. The molecule has 0 radical (unpaired) electrons. The number of furan rings is 1. The number of rotatable bonds is 8. The van der Waals surface area contributed by atoms with Gasteiger partial charge in [0.25, 0.3) is 11.8 Å². The third-order valence-corrected chi connectivity index (χ3v) is 5.36. The molecule has 0 aliphatic rings. The Labute approximate surface area is 186 Å². The van der Waals surface area contributed by atoms with Gasteiger partial charge in [-0.2, -0.15) is 0 Å². The average molecular weight is 450 g/mol. The molecular weight excluding hydrogens is 432 g/mol. The maximum absolute atomic E-state index is 12.7. The molecule has 3 N–H and O–H groups in total. The summed E-state index contributed by atoms with van der Waals surface area (Å²) in [5.74, 6) is -1.48. The van der Waals surface area contributed by atoms with Gasteiger partial charge in [0.05, 0.1) is 11.1 Å². The van der Waals surface area contributed by atoms with Gasteiger partial charge in [0.2, 0.25) is 5.76 Å². The lowest BCUT2D eigenvalue weighted by Crippen LogP contribution is -2.22. The van der Waals surface area contributed by atoms with Gasteiger partial charge >= 0.3 is 5.97 Å². The Morgan fingerprint density at radius 1 is 1.00 bits per heavy atom.